The van der Waals surface area contributed by atoms with E-state index in [1.165, 1.54) is 12.7 Å². The van der Waals surface area contributed by atoms with Crippen LogP contribution in [0.4, 0.5) is 0 Å². The van der Waals surface area contributed by atoms with Gasteiger partial charge in [0.1, 0.15) is 6.10 Å². The number of halogens is 1. The van der Waals surface area contributed by atoms with Crippen molar-refractivity contribution in [1.29, 1.82) is 0 Å². The van der Waals surface area contributed by atoms with Gasteiger partial charge in [-0.05, 0) is 32.3 Å². The molecule has 1 unspecified atom stereocenters. The Morgan fingerprint density at radius 2 is 1.95 bits per heavy atom. The number of aryl methyl sites for hydroxylation is 1. The van der Waals surface area contributed by atoms with E-state index in [1.54, 1.807) is 0 Å². The fourth-order valence-corrected chi connectivity index (χ4v) is 1.89. The van der Waals surface area contributed by atoms with E-state index in [2.05, 4.69) is 17.4 Å². The van der Waals surface area contributed by atoms with Gasteiger partial charge in [-0.2, -0.15) is 0 Å². The van der Waals surface area contributed by atoms with Gasteiger partial charge in [-0.3, -0.25) is 4.79 Å². The number of nitrogens with two attached hydrogens (primary N) is 1. The molecule has 0 radical (unpaired) electrons. The smallest absolute Gasteiger partial charge is 0.250 e. The molecule has 1 aromatic rings. The summed E-state index contributed by atoms with van der Waals surface area (Å²) < 4.78 is 5.03. The van der Waals surface area contributed by atoms with Crippen LogP contribution in [0.15, 0.2) is 30.3 Å². The number of carbonyl (C=O) groups is 1. The van der Waals surface area contributed by atoms with Gasteiger partial charge in [0.2, 0.25) is 0 Å². The van der Waals surface area contributed by atoms with Gasteiger partial charge in [-0.1, -0.05) is 30.3 Å². The molecule has 0 aliphatic rings. The topological polar surface area (TPSA) is 64.3 Å². The largest absolute Gasteiger partial charge is 0.370 e. The predicted octanol–water partition coefficient (Wildman–Crippen LogP) is 1.91. The Hall–Kier alpha value is -1.10. The summed E-state index contributed by atoms with van der Waals surface area (Å²) >= 11 is 0. The van der Waals surface area contributed by atoms with Crippen LogP contribution in [0.5, 0.6) is 0 Å². The third-order valence-electron chi connectivity index (χ3n) is 3.13. The Morgan fingerprint density at radius 1 is 1.35 bits per heavy atom. The minimum Gasteiger partial charge on any atom is -0.370 e. The number of nitrogens with one attached hydrogen (secondary N) is 1. The van der Waals surface area contributed by atoms with Crippen molar-refractivity contribution in [2.24, 2.45) is 5.73 Å². The summed E-state index contributed by atoms with van der Waals surface area (Å²) in [6.07, 6.45) is 1.22. The maximum atomic E-state index is 11.9. The number of hydrogen-bond acceptors (Lipinski definition) is 3. The van der Waals surface area contributed by atoms with Crippen LogP contribution in [0.25, 0.3) is 0 Å². The molecule has 0 saturated heterocycles. The normalized spacial score (nSPS) is 12.4. The number of methoxy groups -OCH3 is 1. The van der Waals surface area contributed by atoms with Gasteiger partial charge >= 0.3 is 0 Å². The van der Waals surface area contributed by atoms with E-state index in [-0.39, 0.29) is 30.4 Å². The molecule has 0 aliphatic heterocycles. The molecule has 0 fully saturated rings. The fraction of sp³-hybridized carbons (Fsp3) is 0.533. The highest BCUT2D eigenvalue weighted by atomic mass is 35.5. The lowest BCUT2D eigenvalue weighted by Crippen LogP contribution is -2.50. The number of benzene rings is 1. The van der Waals surface area contributed by atoms with Gasteiger partial charge in [0.15, 0.2) is 0 Å². The molecule has 1 atom stereocenters. The summed E-state index contributed by atoms with van der Waals surface area (Å²) in [5, 5.41) is 2.98. The van der Waals surface area contributed by atoms with Crippen molar-refractivity contribution in [3.63, 3.8) is 0 Å². The molecule has 114 valence electrons. The van der Waals surface area contributed by atoms with Crippen LogP contribution in [-0.2, 0) is 16.0 Å². The molecular formula is C15H25ClN2O2. The Labute approximate surface area is 127 Å². The van der Waals surface area contributed by atoms with Gasteiger partial charge in [0.25, 0.3) is 5.91 Å². The van der Waals surface area contributed by atoms with E-state index in [9.17, 15) is 4.79 Å². The highest BCUT2D eigenvalue weighted by Crippen LogP contribution is 2.14. The lowest BCUT2D eigenvalue weighted by molar-refractivity contribution is -0.132. The van der Waals surface area contributed by atoms with Crippen molar-refractivity contribution in [1.82, 2.24) is 5.32 Å². The maximum Gasteiger partial charge on any atom is 0.250 e. The van der Waals surface area contributed by atoms with Gasteiger partial charge < -0.3 is 15.8 Å². The third-order valence-corrected chi connectivity index (χ3v) is 3.13. The molecule has 1 amide bonds. The number of hydrogen-bond donors (Lipinski definition) is 2. The van der Waals surface area contributed by atoms with E-state index in [0.717, 1.165) is 12.8 Å². The Morgan fingerprint density at radius 3 is 2.45 bits per heavy atom. The van der Waals surface area contributed by atoms with Crippen molar-refractivity contribution in [2.75, 3.05) is 13.7 Å². The summed E-state index contributed by atoms with van der Waals surface area (Å²) in [5.41, 5.74) is 6.47. The first kappa shape index (κ1) is 18.9. The molecule has 3 N–H and O–H groups in total. The molecular weight excluding hydrogens is 276 g/mol. The fourth-order valence-electron chi connectivity index (χ4n) is 1.89. The minimum absolute atomic E-state index is 0. The van der Waals surface area contributed by atoms with E-state index in [1.807, 2.05) is 32.0 Å². The van der Waals surface area contributed by atoms with Crippen molar-refractivity contribution in [3.05, 3.63) is 35.9 Å². The molecule has 0 bridgehead atoms. The van der Waals surface area contributed by atoms with Crippen LogP contribution < -0.4 is 11.1 Å². The van der Waals surface area contributed by atoms with Gasteiger partial charge in [-0.15, -0.1) is 12.4 Å². The first-order valence-corrected chi connectivity index (χ1v) is 6.57. The zero-order valence-corrected chi connectivity index (χ0v) is 13.2. The maximum absolute atomic E-state index is 11.9. The average Bonchev–Trinajstić information content (AvgIpc) is 2.38. The molecule has 0 heterocycles. The van der Waals surface area contributed by atoms with Crippen LogP contribution in [0.1, 0.15) is 25.8 Å². The van der Waals surface area contributed by atoms with Crippen LogP contribution >= 0.6 is 12.4 Å². The van der Waals surface area contributed by atoms with Crippen molar-refractivity contribution in [3.8, 4) is 0 Å². The SMILES string of the molecule is COC(CN)C(=O)NC(C)(C)CCc1ccccc1.Cl. The summed E-state index contributed by atoms with van der Waals surface area (Å²) in [6.45, 7) is 4.21. The monoisotopic (exact) mass is 300 g/mol. The number of ether oxygens (including phenoxy) is 1. The zero-order chi connectivity index (χ0) is 14.3. The minimum atomic E-state index is -0.573. The van der Waals surface area contributed by atoms with Gasteiger partial charge in [-0.25, -0.2) is 0 Å². The molecule has 0 saturated carbocycles. The zero-order valence-electron chi connectivity index (χ0n) is 12.4. The summed E-state index contributed by atoms with van der Waals surface area (Å²) in [6, 6.07) is 10.2. The Balaban J connectivity index is 0.00000361. The number of rotatable bonds is 7. The predicted molar refractivity (Wildman–Crippen MR) is 84.1 cm³/mol. The lowest BCUT2D eigenvalue weighted by atomic mass is 9.95. The summed E-state index contributed by atoms with van der Waals surface area (Å²) in [4.78, 5) is 11.9. The Bertz CT molecular complexity index is 392. The van der Waals surface area contributed by atoms with Gasteiger partial charge in [0, 0.05) is 19.2 Å². The molecule has 5 heteroatoms. The molecule has 0 aromatic heterocycles. The first-order chi connectivity index (χ1) is 8.98. The van der Waals surface area contributed by atoms with E-state index in [4.69, 9.17) is 10.5 Å². The highest BCUT2D eigenvalue weighted by Gasteiger charge is 2.24. The lowest BCUT2D eigenvalue weighted by Gasteiger charge is -2.28. The second-order valence-electron chi connectivity index (χ2n) is 5.32. The molecule has 1 rings (SSSR count). The second kappa shape index (κ2) is 8.95. The summed E-state index contributed by atoms with van der Waals surface area (Å²) in [7, 11) is 1.49. The number of carbonyl (C=O) groups excluding carboxylic acids is 1. The molecule has 0 aliphatic carbocycles. The van der Waals surface area contributed by atoms with Crippen molar-refractivity contribution >= 4 is 18.3 Å². The average molecular weight is 301 g/mol. The van der Waals surface area contributed by atoms with E-state index < -0.39 is 6.10 Å². The van der Waals surface area contributed by atoms with E-state index in [0.29, 0.717) is 0 Å². The summed E-state index contributed by atoms with van der Waals surface area (Å²) in [5.74, 6) is -0.150. The van der Waals surface area contributed by atoms with Crippen LogP contribution in [-0.4, -0.2) is 31.2 Å². The Kier molecular flexibility index (Phi) is 8.46. The van der Waals surface area contributed by atoms with E-state index >= 15 is 0 Å². The van der Waals surface area contributed by atoms with Crippen molar-refractivity contribution < 1.29 is 9.53 Å². The van der Waals surface area contributed by atoms with Crippen molar-refractivity contribution in [2.45, 2.75) is 38.3 Å². The molecule has 0 spiro atoms. The second-order valence-corrected chi connectivity index (χ2v) is 5.32. The standard InChI is InChI=1S/C15H24N2O2.ClH/c1-15(2,17-14(18)13(11-16)19-3)10-9-12-7-5-4-6-8-12;/h4-8,13H,9-11,16H2,1-3H3,(H,17,18);1H. The first-order valence-electron chi connectivity index (χ1n) is 6.57. The highest BCUT2D eigenvalue weighted by molar-refractivity contribution is 5.85. The van der Waals surface area contributed by atoms with Crippen LogP contribution in [0, 0.1) is 0 Å². The molecule has 4 nitrogen and oxygen atoms in total. The molecule has 20 heavy (non-hydrogen) atoms. The van der Waals surface area contributed by atoms with Crippen LogP contribution in [0.2, 0.25) is 0 Å². The van der Waals surface area contributed by atoms with Crippen LogP contribution in [0.3, 0.4) is 0 Å². The third kappa shape index (κ3) is 6.37. The van der Waals surface area contributed by atoms with Gasteiger partial charge in [0.05, 0.1) is 0 Å². The molecule has 1 aromatic carbocycles. The quantitative estimate of drug-likeness (QED) is 0.808. The number of amides is 1.